The van der Waals surface area contributed by atoms with E-state index in [1.165, 1.54) is 5.56 Å². The Kier molecular flexibility index (Phi) is 3.05. The van der Waals surface area contributed by atoms with E-state index in [4.69, 9.17) is 5.26 Å². The molecule has 2 nitrogen and oxygen atoms in total. The summed E-state index contributed by atoms with van der Waals surface area (Å²) >= 11 is 0. The van der Waals surface area contributed by atoms with Crippen LogP contribution in [0.1, 0.15) is 24.1 Å². The van der Waals surface area contributed by atoms with Crippen LogP contribution in [0, 0.1) is 11.3 Å². The molecule has 0 heterocycles. The summed E-state index contributed by atoms with van der Waals surface area (Å²) < 4.78 is 0. The van der Waals surface area contributed by atoms with Gasteiger partial charge in [0, 0.05) is 6.04 Å². The Balaban J connectivity index is 2.87. The van der Waals surface area contributed by atoms with Gasteiger partial charge in [0.2, 0.25) is 0 Å². The minimum absolute atomic E-state index is 0.396. The largest absolute Gasteiger partial charge is 0.303 e. The maximum absolute atomic E-state index is 8.62. The van der Waals surface area contributed by atoms with Crippen LogP contribution in [0.25, 0.3) is 0 Å². The lowest BCUT2D eigenvalue weighted by Crippen LogP contribution is -2.16. The lowest BCUT2D eigenvalue weighted by Gasteiger charge is -2.19. The van der Waals surface area contributed by atoms with Gasteiger partial charge in [-0.3, -0.25) is 0 Å². The van der Waals surface area contributed by atoms with Gasteiger partial charge in [-0.1, -0.05) is 12.1 Å². The zero-order chi connectivity index (χ0) is 9.84. The van der Waals surface area contributed by atoms with Gasteiger partial charge in [0.1, 0.15) is 0 Å². The Bertz CT molecular complexity index is 306. The highest BCUT2D eigenvalue weighted by Gasteiger charge is 2.06. The topological polar surface area (TPSA) is 27.0 Å². The van der Waals surface area contributed by atoms with E-state index in [0.717, 1.165) is 5.56 Å². The van der Waals surface area contributed by atoms with Crippen molar-refractivity contribution in [1.82, 2.24) is 4.90 Å². The van der Waals surface area contributed by atoms with Crippen molar-refractivity contribution in [3.05, 3.63) is 35.4 Å². The first kappa shape index (κ1) is 9.76. The Morgan fingerprint density at radius 3 is 2.15 bits per heavy atom. The summed E-state index contributed by atoms with van der Waals surface area (Å²) in [6, 6.07) is 10.2. The number of nitrogens with zero attached hydrogens (tertiary/aromatic N) is 2. The molecule has 0 saturated carbocycles. The Hall–Kier alpha value is -1.33. The maximum atomic E-state index is 8.62. The lowest BCUT2D eigenvalue weighted by atomic mass is 10.1. The van der Waals surface area contributed by atoms with Gasteiger partial charge in [0.25, 0.3) is 0 Å². The van der Waals surface area contributed by atoms with Crippen molar-refractivity contribution in [2.45, 2.75) is 13.0 Å². The zero-order valence-electron chi connectivity index (χ0n) is 8.28. The first-order valence-corrected chi connectivity index (χ1v) is 4.31. The molecule has 0 radical (unpaired) electrons. The van der Waals surface area contributed by atoms with Crippen molar-refractivity contribution in [3.63, 3.8) is 0 Å². The Morgan fingerprint density at radius 2 is 1.77 bits per heavy atom. The molecule has 0 saturated heterocycles. The van der Waals surface area contributed by atoms with Crippen molar-refractivity contribution in [2.24, 2.45) is 0 Å². The Labute approximate surface area is 79.4 Å². The van der Waals surface area contributed by atoms with Crippen molar-refractivity contribution >= 4 is 0 Å². The van der Waals surface area contributed by atoms with Gasteiger partial charge in [0.05, 0.1) is 11.6 Å². The van der Waals surface area contributed by atoms with Crippen molar-refractivity contribution < 1.29 is 0 Å². The quantitative estimate of drug-likeness (QED) is 0.687. The standard InChI is InChI=1S/C11H14N2/c1-9(13(2)3)11-6-4-10(8-12)5-7-11/h4-7,9H,1-3H3/t9-/m1/s1. The average Bonchev–Trinajstić information content (AvgIpc) is 2.17. The van der Waals surface area contributed by atoms with E-state index in [9.17, 15) is 0 Å². The fourth-order valence-corrected chi connectivity index (χ4v) is 1.13. The second kappa shape index (κ2) is 4.06. The molecule has 1 aromatic carbocycles. The Morgan fingerprint density at radius 1 is 1.23 bits per heavy atom. The molecule has 1 aromatic rings. The number of rotatable bonds is 2. The summed E-state index contributed by atoms with van der Waals surface area (Å²) in [7, 11) is 4.09. The number of benzene rings is 1. The molecule has 0 aliphatic carbocycles. The van der Waals surface area contributed by atoms with Crippen LogP contribution in [0.15, 0.2) is 24.3 Å². The maximum Gasteiger partial charge on any atom is 0.0991 e. The van der Waals surface area contributed by atoms with Gasteiger partial charge in [-0.25, -0.2) is 0 Å². The van der Waals surface area contributed by atoms with Crippen LogP contribution >= 0.6 is 0 Å². The van der Waals surface area contributed by atoms with E-state index in [1.54, 1.807) is 0 Å². The first-order valence-electron chi connectivity index (χ1n) is 4.31. The minimum Gasteiger partial charge on any atom is -0.303 e. The highest BCUT2D eigenvalue weighted by molar-refractivity contribution is 5.32. The summed E-state index contributed by atoms with van der Waals surface area (Å²) in [4.78, 5) is 2.14. The van der Waals surface area contributed by atoms with E-state index < -0.39 is 0 Å². The second-order valence-electron chi connectivity index (χ2n) is 3.37. The van der Waals surface area contributed by atoms with Gasteiger partial charge < -0.3 is 4.90 Å². The molecule has 0 aliphatic heterocycles. The van der Waals surface area contributed by atoms with Gasteiger partial charge in [-0.15, -0.1) is 0 Å². The predicted octanol–water partition coefficient (Wildman–Crippen LogP) is 2.18. The summed E-state index contributed by atoms with van der Waals surface area (Å²) in [5.74, 6) is 0. The molecule has 0 unspecified atom stereocenters. The van der Waals surface area contributed by atoms with Gasteiger partial charge in [-0.2, -0.15) is 5.26 Å². The number of hydrogen-bond donors (Lipinski definition) is 0. The van der Waals surface area contributed by atoms with Crippen LogP contribution in [0.3, 0.4) is 0 Å². The molecular formula is C11H14N2. The fourth-order valence-electron chi connectivity index (χ4n) is 1.13. The SMILES string of the molecule is C[C@H](c1ccc(C#N)cc1)N(C)C. The molecule has 0 fully saturated rings. The molecular weight excluding hydrogens is 160 g/mol. The highest BCUT2D eigenvalue weighted by atomic mass is 15.1. The first-order chi connectivity index (χ1) is 6.15. The average molecular weight is 174 g/mol. The normalized spacial score (nSPS) is 12.5. The van der Waals surface area contributed by atoms with E-state index >= 15 is 0 Å². The summed E-state index contributed by atoms with van der Waals surface area (Å²) in [5, 5.41) is 8.62. The van der Waals surface area contributed by atoms with Gasteiger partial charge in [0.15, 0.2) is 0 Å². The van der Waals surface area contributed by atoms with E-state index in [0.29, 0.717) is 6.04 Å². The zero-order valence-corrected chi connectivity index (χ0v) is 8.28. The second-order valence-corrected chi connectivity index (χ2v) is 3.37. The summed E-state index contributed by atoms with van der Waals surface area (Å²) in [5.41, 5.74) is 1.96. The van der Waals surface area contributed by atoms with Gasteiger partial charge >= 0.3 is 0 Å². The van der Waals surface area contributed by atoms with Gasteiger partial charge in [-0.05, 0) is 38.7 Å². The molecule has 2 heteroatoms. The van der Waals surface area contributed by atoms with E-state index in [2.05, 4.69) is 17.9 Å². The van der Waals surface area contributed by atoms with Crippen molar-refractivity contribution in [2.75, 3.05) is 14.1 Å². The number of hydrogen-bond acceptors (Lipinski definition) is 2. The molecule has 0 aromatic heterocycles. The molecule has 0 bridgehead atoms. The van der Waals surface area contributed by atoms with Crippen LogP contribution in [-0.4, -0.2) is 19.0 Å². The molecule has 13 heavy (non-hydrogen) atoms. The van der Waals surface area contributed by atoms with Crippen LogP contribution in [0.4, 0.5) is 0 Å². The lowest BCUT2D eigenvalue weighted by molar-refractivity contribution is 0.321. The molecule has 0 spiro atoms. The molecule has 1 rings (SSSR count). The third kappa shape index (κ3) is 2.30. The molecule has 0 N–H and O–H groups in total. The van der Waals surface area contributed by atoms with Crippen molar-refractivity contribution in [1.29, 1.82) is 5.26 Å². The molecule has 0 aliphatic rings. The smallest absolute Gasteiger partial charge is 0.0991 e. The molecule has 68 valence electrons. The summed E-state index contributed by atoms with van der Waals surface area (Å²) in [6.07, 6.45) is 0. The molecule has 1 atom stereocenters. The van der Waals surface area contributed by atoms with Crippen molar-refractivity contribution in [3.8, 4) is 6.07 Å². The highest BCUT2D eigenvalue weighted by Crippen LogP contribution is 2.17. The van der Waals surface area contributed by atoms with Crippen LogP contribution in [-0.2, 0) is 0 Å². The summed E-state index contributed by atoms with van der Waals surface area (Å²) in [6.45, 7) is 2.14. The van der Waals surface area contributed by atoms with Crippen LogP contribution in [0.2, 0.25) is 0 Å². The third-order valence-corrected chi connectivity index (χ3v) is 2.30. The van der Waals surface area contributed by atoms with Crippen LogP contribution < -0.4 is 0 Å². The third-order valence-electron chi connectivity index (χ3n) is 2.30. The monoisotopic (exact) mass is 174 g/mol. The van der Waals surface area contributed by atoms with E-state index in [1.807, 2.05) is 38.4 Å². The predicted molar refractivity (Wildman–Crippen MR) is 53.3 cm³/mol. The fraction of sp³-hybridized carbons (Fsp3) is 0.364. The number of nitriles is 1. The van der Waals surface area contributed by atoms with E-state index in [-0.39, 0.29) is 0 Å². The minimum atomic E-state index is 0.396. The van der Waals surface area contributed by atoms with Crippen LogP contribution in [0.5, 0.6) is 0 Å². The molecule has 0 amide bonds.